The first kappa shape index (κ1) is 22.7. The molecule has 0 rings (SSSR count). The summed E-state index contributed by atoms with van der Waals surface area (Å²) in [7, 11) is 0. The first-order chi connectivity index (χ1) is 11.5. The van der Waals surface area contributed by atoms with Crippen LogP contribution in [0.1, 0.15) is 65.2 Å². The zero-order chi connectivity index (χ0) is 18.2. The fourth-order valence-corrected chi connectivity index (χ4v) is 2.18. The molecule has 0 bridgehead atoms. The summed E-state index contributed by atoms with van der Waals surface area (Å²) in [6.45, 7) is 5.30. The summed E-state index contributed by atoms with van der Waals surface area (Å²) in [4.78, 5) is 22.0. The highest BCUT2D eigenvalue weighted by molar-refractivity contribution is 5.72. The van der Waals surface area contributed by atoms with Gasteiger partial charge in [-0.1, -0.05) is 32.6 Å². The van der Waals surface area contributed by atoms with E-state index >= 15 is 0 Å². The first-order valence-corrected chi connectivity index (χ1v) is 8.98. The summed E-state index contributed by atoms with van der Waals surface area (Å²) in [6, 6.07) is -0.835. The predicted molar refractivity (Wildman–Crippen MR) is 93.0 cm³/mol. The number of hydrogen-bond acceptors (Lipinski definition) is 5. The van der Waals surface area contributed by atoms with Gasteiger partial charge in [0.1, 0.15) is 12.6 Å². The van der Waals surface area contributed by atoms with Crippen molar-refractivity contribution >= 4 is 12.1 Å². The van der Waals surface area contributed by atoms with Crippen molar-refractivity contribution in [1.29, 1.82) is 0 Å². The number of nitrogens with one attached hydrogen (secondary N) is 1. The molecule has 0 aromatic heterocycles. The first-order valence-electron chi connectivity index (χ1n) is 8.98. The van der Waals surface area contributed by atoms with Crippen molar-refractivity contribution in [2.75, 3.05) is 19.8 Å². The molecular weight excluding hydrogens is 312 g/mol. The number of alkyl carbamates (subject to hydrolysis) is 1. The normalized spacial score (nSPS) is 13.3. The Morgan fingerprint density at radius 3 is 2.46 bits per heavy atom. The molecule has 1 amide bonds. The number of unbranched alkanes of at least 4 members (excludes halogenated alkanes) is 4. The maximum absolute atomic E-state index is 11.4. The van der Waals surface area contributed by atoms with Crippen LogP contribution in [-0.2, 0) is 14.3 Å². The monoisotopic (exact) mass is 346 g/mol. The Kier molecular flexibility index (Phi) is 14.4. The van der Waals surface area contributed by atoms with Gasteiger partial charge in [-0.3, -0.25) is 4.79 Å². The van der Waals surface area contributed by atoms with Gasteiger partial charge in [-0.05, 0) is 32.6 Å². The minimum atomic E-state index is -0.998. The van der Waals surface area contributed by atoms with Crippen LogP contribution in [0.15, 0.2) is 0 Å². The van der Waals surface area contributed by atoms with E-state index in [1.54, 1.807) is 0 Å². The lowest BCUT2D eigenvalue weighted by Crippen LogP contribution is -2.30. The Bertz CT molecular complexity index is 339. The quantitative estimate of drug-likeness (QED) is 0.393. The Morgan fingerprint density at radius 1 is 1.08 bits per heavy atom. The van der Waals surface area contributed by atoms with Crippen LogP contribution in [-0.4, -0.2) is 49.1 Å². The Morgan fingerprint density at radius 2 is 1.79 bits per heavy atom. The van der Waals surface area contributed by atoms with E-state index in [0.717, 1.165) is 6.42 Å². The van der Waals surface area contributed by atoms with E-state index in [0.29, 0.717) is 32.4 Å². The van der Waals surface area contributed by atoms with Crippen molar-refractivity contribution in [3.63, 3.8) is 0 Å². The van der Waals surface area contributed by atoms with E-state index in [1.807, 2.05) is 6.92 Å². The number of carboxylic acid groups (broad SMARTS) is 1. The van der Waals surface area contributed by atoms with Crippen LogP contribution < -0.4 is 11.1 Å². The van der Waals surface area contributed by atoms with E-state index in [-0.39, 0.29) is 12.7 Å². The van der Waals surface area contributed by atoms with Crippen LogP contribution >= 0.6 is 0 Å². The smallest absolute Gasteiger partial charge is 0.407 e. The fraction of sp³-hybridized carbons (Fsp3) is 0.882. The standard InChI is InChI=1S/C17H34N2O5/c1-3-4-5-6-9-14(2)23-12-13-24-17(22)19-11-8-7-10-15(18)16(20)21/h14-15H,3-13,18H2,1-2H3,(H,19,22)(H,20,21)/t14?,15-/m0/s1. The SMILES string of the molecule is CCCCCCC(C)OCCOC(=O)NCCCC[C@H](N)C(=O)O. The fourth-order valence-electron chi connectivity index (χ4n) is 2.18. The average molecular weight is 346 g/mol. The lowest BCUT2D eigenvalue weighted by atomic mass is 10.1. The Labute approximate surface area is 145 Å². The molecule has 0 fully saturated rings. The van der Waals surface area contributed by atoms with E-state index in [1.165, 1.54) is 25.7 Å². The predicted octanol–water partition coefficient (Wildman–Crippen LogP) is 2.67. The van der Waals surface area contributed by atoms with E-state index < -0.39 is 18.1 Å². The van der Waals surface area contributed by atoms with Gasteiger partial charge in [0.2, 0.25) is 0 Å². The third-order valence-electron chi connectivity index (χ3n) is 3.71. The lowest BCUT2D eigenvalue weighted by molar-refractivity contribution is -0.138. The van der Waals surface area contributed by atoms with Crippen molar-refractivity contribution in [3.8, 4) is 0 Å². The van der Waals surface area contributed by atoms with Gasteiger partial charge < -0.3 is 25.6 Å². The van der Waals surface area contributed by atoms with Crippen LogP contribution in [0, 0.1) is 0 Å². The highest BCUT2D eigenvalue weighted by atomic mass is 16.6. The number of aliphatic carboxylic acids is 1. The number of ether oxygens (including phenoxy) is 2. The van der Waals surface area contributed by atoms with Crippen LogP contribution in [0.5, 0.6) is 0 Å². The van der Waals surface area contributed by atoms with Crippen LogP contribution in [0.3, 0.4) is 0 Å². The molecule has 7 nitrogen and oxygen atoms in total. The third-order valence-corrected chi connectivity index (χ3v) is 3.71. The summed E-state index contributed by atoms with van der Waals surface area (Å²) in [5.74, 6) is -0.998. The van der Waals surface area contributed by atoms with E-state index in [2.05, 4.69) is 12.2 Å². The number of carboxylic acids is 1. The number of amides is 1. The zero-order valence-corrected chi connectivity index (χ0v) is 15.1. The van der Waals surface area contributed by atoms with Gasteiger partial charge in [0.15, 0.2) is 0 Å². The van der Waals surface area contributed by atoms with Gasteiger partial charge in [0.05, 0.1) is 12.7 Å². The molecule has 0 radical (unpaired) electrons. The van der Waals surface area contributed by atoms with Crippen LogP contribution in [0.2, 0.25) is 0 Å². The molecule has 142 valence electrons. The number of carbonyl (C=O) groups is 2. The summed E-state index contributed by atoms with van der Waals surface area (Å²) < 4.78 is 10.6. The van der Waals surface area contributed by atoms with E-state index in [4.69, 9.17) is 20.3 Å². The molecule has 0 aliphatic heterocycles. The van der Waals surface area contributed by atoms with Gasteiger partial charge in [-0.25, -0.2) is 4.79 Å². The molecule has 0 spiro atoms. The van der Waals surface area contributed by atoms with E-state index in [9.17, 15) is 9.59 Å². The maximum atomic E-state index is 11.4. The second kappa shape index (κ2) is 15.2. The molecule has 0 aliphatic rings. The molecule has 24 heavy (non-hydrogen) atoms. The summed E-state index contributed by atoms with van der Waals surface area (Å²) in [5.41, 5.74) is 5.38. The molecular formula is C17H34N2O5. The molecule has 2 atom stereocenters. The van der Waals surface area contributed by atoms with Crippen LogP contribution in [0.25, 0.3) is 0 Å². The van der Waals surface area contributed by atoms with Crippen LogP contribution in [0.4, 0.5) is 4.79 Å². The lowest BCUT2D eigenvalue weighted by Gasteiger charge is -2.13. The number of carbonyl (C=O) groups excluding carboxylic acids is 1. The summed E-state index contributed by atoms with van der Waals surface area (Å²) in [5, 5.41) is 11.2. The molecule has 0 aromatic rings. The molecule has 7 heteroatoms. The van der Waals surface area contributed by atoms with Crippen molar-refractivity contribution in [2.24, 2.45) is 5.73 Å². The number of rotatable bonds is 15. The minimum absolute atomic E-state index is 0.187. The summed E-state index contributed by atoms with van der Waals surface area (Å²) in [6.07, 6.45) is 7.35. The largest absolute Gasteiger partial charge is 0.480 e. The maximum Gasteiger partial charge on any atom is 0.407 e. The highest BCUT2D eigenvalue weighted by Crippen LogP contribution is 2.07. The molecule has 4 N–H and O–H groups in total. The minimum Gasteiger partial charge on any atom is -0.480 e. The summed E-state index contributed by atoms with van der Waals surface area (Å²) >= 11 is 0. The molecule has 0 saturated carbocycles. The number of hydrogen-bond donors (Lipinski definition) is 3. The average Bonchev–Trinajstić information content (AvgIpc) is 2.55. The Hall–Kier alpha value is -1.34. The molecule has 0 aromatic carbocycles. The molecule has 1 unspecified atom stereocenters. The van der Waals surface area contributed by atoms with Crippen molar-refractivity contribution in [2.45, 2.75) is 77.4 Å². The number of nitrogens with two attached hydrogens (primary N) is 1. The van der Waals surface area contributed by atoms with Gasteiger partial charge in [-0.2, -0.15) is 0 Å². The molecule has 0 saturated heterocycles. The van der Waals surface area contributed by atoms with Crippen molar-refractivity contribution in [1.82, 2.24) is 5.32 Å². The van der Waals surface area contributed by atoms with Gasteiger partial charge in [0, 0.05) is 6.54 Å². The zero-order valence-electron chi connectivity index (χ0n) is 15.1. The second-order valence-corrected chi connectivity index (χ2v) is 6.03. The Balaban J connectivity index is 3.42. The van der Waals surface area contributed by atoms with Gasteiger partial charge in [-0.15, -0.1) is 0 Å². The van der Waals surface area contributed by atoms with Gasteiger partial charge >= 0.3 is 12.1 Å². The second-order valence-electron chi connectivity index (χ2n) is 6.03. The van der Waals surface area contributed by atoms with Gasteiger partial charge in [0.25, 0.3) is 0 Å². The highest BCUT2D eigenvalue weighted by Gasteiger charge is 2.10. The third kappa shape index (κ3) is 14.3. The molecule has 0 aliphatic carbocycles. The van der Waals surface area contributed by atoms with Crippen molar-refractivity contribution in [3.05, 3.63) is 0 Å². The topological polar surface area (TPSA) is 111 Å². The van der Waals surface area contributed by atoms with Crippen molar-refractivity contribution < 1.29 is 24.2 Å². The molecule has 0 heterocycles.